The van der Waals surface area contributed by atoms with Gasteiger partial charge in [0.05, 0.1) is 41.3 Å². The van der Waals surface area contributed by atoms with E-state index in [0.29, 0.717) is 58.9 Å². The van der Waals surface area contributed by atoms with Crippen LogP contribution in [-0.2, 0) is 19.6 Å². The van der Waals surface area contributed by atoms with Crippen molar-refractivity contribution in [3.8, 4) is 17.2 Å². The molecular weight excluding hydrogens is 807 g/mol. The summed E-state index contributed by atoms with van der Waals surface area (Å²) in [5, 5.41) is 6.62. The van der Waals surface area contributed by atoms with E-state index >= 15 is 0 Å². The Morgan fingerprint density at radius 3 is 2.32 bits per heavy atom. The number of carbonyl (C=O) groups excluding carboxylic acids is 1. The fraction of sp³-hybridized carbons (Fsp3) is 0.277. The molecule has 324 valence electrons. The predicted molar refractivity (Wildman–Crippen MR) is 247 cm³/mol. The van der Waals surface area contributed by atoms with E-state index in [1.165, 1.54) is 11.7 Å². The number of fused-ring (bicyclic) bond motifs is 1. The fourth-order valence-electron chi connectivity index (χ4n) is 6.85. The van der Waals surface area contributed by atoms with Crippen LogP contribution in [0.5, 0.6) is 11.5 Å². The van der Waals surface area contributed by atoms with Gasteiger partial charge < -0.3 is 29.7 Å². The summed E-state index contributed by atoms with van der Waals surface area (Å²) in [4.78, 5) is 41.1. The first-order valence-corrected chi connectivity index (χ1v) is 22.2. The second kappa shape index (κ2) is 20.3. The van der Waals surface area contributed by atoms with Crippen LogP contribution >= 0.6 is 0 Å². The second-order valence-electron chi connectivity index (χ2n) is 14.7. The van der Waals surface area contributed by atoms with Crippen LogP contribution in [0.2, 0.25) is 0 Å². The number of nitrogens with one attached hydrogen (secondary N) is 3. The number of benzene rings is 5. The van der Waals surface area contributed by atoms with Crippen molar-refractivity contribution >= 4 is 55.3 Å². The Morgan fingerprint density at radius 1 is 0.887 bits per heavy atom. The largest absolute Gasteiger partial charge is 0.495 e. The van der Waals surface area contributed by atoms with Gasteiger partial charge in [0, 0.05) is 37.4 Å². The molecule has 6 rings (SSSR count). The average molecular weight is 860 g/mol. The molecular formula is C47H53N7O7S. The molecule has 1 unspecified atom stereocenters. The number of rotatable bonds is 19. The van der Waals surface area contributed by atoms with Crippen LogP contribution in [-0.4, -0.2) is 75.6 Å². The third kappa shape index (κ3) is 11.2. The fourth-order valence-corrected chi connectivity index (χ4v) is 7.31. The molecule has 14 nitrogen and oxygen atoms in total. The van der Waals surface area contributed by atoms with Gasteiger partial charge in [-0.3, -0.25) is 14.2 Å². The standard InChI is InChI=1S/C47H53N7O7S/c1-8-43(61-41-23-19-31(3)27-33(41)5)60-30-48-34-20-24-42(59-6)40(29-34)52-46(55)44(50-38-22-21-36(28-32(38)4)53(9-2)26-25-49-62(7,57)58)45-51-39-18-14-13-17-37(39)47(56)54(45)35-15-11-10-12-16-35/h10-24,27-29,43,48-49H,8-9,25-26,30H2,1-7H3,(H,52,55)/b50-44-. The zero-order chi connectivity index (χ0) is 44.4. The number of methoxy groups -OCH3 is 1. The van der Waals surface area contributed by atoms with Crippen molar-refractivity contribution < 1.29 is 27.4 Å². The molecule has 0 aliphatic heterocycles. The molecule has 1 atom stereocenters. The number of ether oxygens (including phenoxy) is 3. The Morgan fingerprint density at radius 2 is 1.63 bits per heavy atom. The van der Waals surface area contributed by atoms with E-state index in [1.54, 1.807) is 72.8 Å². The van der Waals surface area contributed by atoms with Crippen LogP contribution in [0.25, 0.3) is 16.6 Å². The maximum Gasteiger partial charge on any atom is 0.278 e. The summed E-state index contributed by atoms with van der Waals surface area (Å²) < 4.78 is 45.2. The van der Waals surface area contributed by atoms with Crippen LogP contribution in [0, 0.1) is 20.8 Å². The summed E-state index contributed by atoms with van der Waals surface area (Å²) in [6.07, 6.45) is 1.23. The van der Waals surface area contributed by atoms with Crippen LogP contribution in [0.3, 0.4) is 0 Å². The van der Waals surface area contributed by atoms with Gasteiger partial charge in [0.25, 0.3) is 11.5 Å². The van der Waals surface area contributed by atoms with Gasteiger partial charge in [-0.2, -0.15) is 0 Å². The molecule has 0 aliphatic rings. The smallest absolute Gasteiger partial charge is 0.278 e. The van der Waals surface area contributed by atoms with Crippen LogP contribution in [0.15, 0.2) is 119 Å². The number of aliphatic imine (C=N–C) groups is 1. The minimum atomic E-state index is -3.35. The molecule has 0 saturated carbocycles. The topological polar surface area (TPSA) is 165 Å². The molecule has 0 saturated heterocycles. The first-order chi connectivity index (χ1) is 29.8. The minimum Gasteiger partial charge on any atom is -0.495 e. The summed E-state index contributed by atoms with van der Waals surface area (Å²) in [5.41, 5.74) is 5.54. The third-order valence-corrected chi connectivity index (χ3v) is 10.8. The van der Waals surface area contributed by atoms with Gasteiger partial charge in [-0.25, -0.2) is 23.1 Å². The molecule has 1 aromatic heterocycles. The number of hydrogen-bond donors (Lipinski definition) is 3. The molecule has 62 heavy (non-hydrogen) atoms. The van der Waals surface area contributed by atoms with E-state index in [2.05, 4.69) is 21.4 Å². The van der Waals surface area contributed by atoms with E-state index in [0.717, 1.165) is 34.4 Å². The molecule has 0 fully saturated rings. The number of nitrogens with zero attached hydrogens (tertiary/aromatic N) is 4. The number of hydrogen-bond acceptors (Lipinski definition) is 11. The Hall–Kier alpha value is -6.55. The summed E-state index contributed by atoms with van der Waals surface area (Å²) >= 11 is 0. The van der Waals surface area contributed by atoms with E-state index in [1.807, 2.05) is 69.9 Å². The molecule has 0 aliphatic carbocycles. The van der Waals surface area contributed by atoms with Crippen LogP contribution in [0.1, 0.15) is 42.8 Å². The molecule has 15 heteroatoms. The molecule has 0 bridgehead atoms. The average Bonchev–Trinajstić information content (AvgIpc) is 3.25. The van der Waals surface area contributed by atoms with Crippen molar-refractivity contribution in [2.24, 2.45) is 4.99 Å². The normalized spacial score (nSPS) is 12.2. The first kappa shape index (κ1) is 45.0. The van der Waals surface area contributed by atoms with Gasteiger partial charge in [-0.05, 0) is 106 Å². The second-order valence-corrected chi connectivity index (χ2v) is 16.5. The molecule has 6 aromatic rings. The number of aromatic nitrogens is 2. The van der Waals surface area contributed by atoms with Gasteiger partial charge >= 0.3 is 0 Å². The third-order valence-electron chi connectivity index (χ3n) is 10.0. The number of sulfonamides is 1. The number of para-hydroxylation sites is 2. The highest BCUT2D eigenvalue weighted by Gasteiger charge is 2.25. The van der Waals surface area contributed by atoms with E-state index in [4.69, 9.17) is 24.2 Å². The van der Waals surface area contributed by atoms with Crippen LogP contribution < -0.4 is 35.3 Å². The van der Waals surface area contributed by atoms with Gasteiger partial charge in [-0.1, -0.05) is 55.0 Å². The van der Waals surface area contributed by atoms with Gasteiger partial charge in [0.1, 0.15) is 18.2 Å². The highest BCUT2D eigenvalue weighted by atomic mass is 32.2. The minimum absolute atomic E-state index is 0.0268. The number of aryl methyl sites for hydroxylation is 3. The van der Waals surface area contributed by atoms with Gasteiger partial charge in [0.15, 0.2) is 11.5 Å². The Balaban J connectivity index is 1.37. The summed E-state index contributed by atoms with van der Waals surface area (Å²) in [5.74, 6) is 0.508. The molecule has 5 aromatic carbocycles. The monoisotopic (exact) mass is 859 g/mol. The summed E-state index contributed by atoms with van der Waals surface area (Å²) in [6.45, 7) is 11.3. The number of likely N-dealkylation sites (N-methyl/N-ethyl adjacent to an activating group) is 1. The Labute approximate surface area is 362 Å². The zero-order valence-corrected chi connectivity index (χ0v) is 36.9. The lowest BCUT2D eigenvalue weighted by molar-refractivity contribution is -0.110. The van der Waals surface area contributed by atoms with Crippen molar-refractivity contribution in [3.05, 3.63) is 142 Å². The molecule has 1 amide bonds. The lowest BCUT2D eigenvalue weighted by atomic mass is 10.1. The Bertz CT molecular complexity index is 2740. The Kier molecular flexibility index (Phi) is 14.8. The zero-order valence-electron chi connectivity index (χ0n) is 36.1. The maximum atomic E-state index is 14.8. The molecule has 3 N–H and O–H groups in total. The maximum absolute atomic E-state index is 14.8. The van der Waals surface area contributed by atoms with Crippen molar-refractivity contribution in [3.63, 3.8) is 0 Å². The highest BCUT2D eigenvalue weighted by molar-refractivity contribution is 7.88. The van der Waals surface area contributed by atoms with Crippen molar-refractivity contribution in [1.82, 2.24) is 14.3 Å². The number of anilines is 3. The highest BCUT2D eigenvalue weighted by Crippen LogP contribution is 2.30. The van der Waals surface area contributed by atoms with Gasteiger partial charge in [-0.15, -0.1) is 0 Å². The lowest BCUT2D eigenvalue weighted by Crippen LogP contribution is -2.34. The van der Waals surface area contributed by atoms with Gasteiger partial charge in [0.2, 0.25) is 16.3 Å². The van der Waals surface area contributed by atoms with E-state index < -0.39 is 22.2 Å². The molecule has 0 radical (unpaired) electrons. The van der Waals surface area contributed by atoms with E-state index in [9.17, 15) is 18.0 Å². The van der Waals surface area contributed by atoms with Crippen molar-refractivity contribution in [2.45, 2.75) is 47.3 Å². The quantitative estimate of drug-likeness (QED) is 0.0544. The first-order valence-electron chi connectivity index (χ1n) is 20.3. The van der Waals surface area contributed by atoms with Crippen LogP contribution in [0.4, 0.5) is 22.7 Å². The number of amides is 1. The SMILES string of the molecule is CCC(OCNc1ccc(OC)c(NC(=O)/C(=N\c2ccc(N(CC)CCNS(C)(=O)=O)cc2C)c2nc3ccccc3c(=O)n2-c2ccccc2)c1)Oc1ccc(C)cc1C. The van der Waals surface area contributed by atoms with Crippen molar-refractivity contribution in [1.29, 1.82) is 0 Å². The van der Waals surface area contributed by atoms with Crippen molar-refractivity contribution in [2.75, 3.05) is 55.3 Å². The predicted octanol–water partition coefficient (Wildman–Crippen LogP) is 7.66. The molecule has 0 spiro atoms. The summed E-state index contributed by atoms with van der Waals surface area (Å²) in [7, 11) is -1.84. The molecule has 1 heterocycles. The summed E-state index contributed by atoms with van der Waals surface area (Å²) in [6, 6.07) is 32.8. The van der Waals surface area contributed by atoms with E-state index in [-0.39, 0.29) is 30.4 Å². The lowest BCUT2D eigenvalue weighted by Gasteiger charge is -2.24. The number of carbonyl (C=O) groups is 1.